The Kier molecular flexibility index (Phi) is 5.10. The molecule has 3 aromatic rings. The Morgan fingerprint density at radius 2 is 1.90 bits per heavy atom. The highest BCUT2D eigenvalue weighted by Gasteiger charge is 2.29. The van der Waals surface area contributed by atoms with Crippen LogP contribution in [0.4, 0.5) is 5.13 Å². The standard InChI is InChI=1S/C22H27N5O2S/c1-14-19-20(27(25-14)17-6-8-18(29-2)9-7-17)24-22(30-19)26-12-10-16(11-13-26)23-21(28)15-4-3-5-15/h6-9,15-16H,3-5,10-13H2,1-2H3,(H,23,28). The lowest BCUT2D eigenvalue weighted by Gasteiger charge is -2.34. The maximum Gasteiger partial charge on any atom is 0.223 e. The van der Waals surface area contributed by atoms with Gasteiger partial charge in [-0.1, -0.05) is 17.8 Å². The number of hydrogen-bond donors (Lipinski definition) is 1. The molecule has 158 valence electrons. The molecule has 30 heavy (non-hydrogen) atoms. The number of methoxy groups -OCH3 is 1. The summed E-state index contributed by atoms with van der Waals surface area (Å²) >= 11 is 1.71. The lowest BCUT2D eigenvalue weighted by Crippen LogP contribution is -2.47. The molecule has 0 atom stereocenters. The fourth-order valence-electron chi connectivity index (χ4n) is 4.17. The van der Waals surface area contributed by atoms with Crippen LogP contribution < -0.4 is 15.0 Å². The smallest absolute Gasteiger partial charge is 0.223 e. The van der Waals surface area contributed by atoms with Crippen molar-refractivity contribution in [1.82, 2.24) is 20.1 Å². The van der Waals surface area contributed by atoms with Gasteiger partial charge in [-0.3, -0.25) is 4.79 Å². The Hall–Kier alpha value is -2.61. The van der Waals surface area contributed by atoms with Crippen molar-refractivity contribution < 1.29 is 9.53 Å². The molecule has 8 heteroatoms. The van der Waals surface area contributed by atoms with Crippen molar-refractivity contribution in [3.05, 3.63) is 30.0 Å². The maximum atomic E-state index is 12.2. The highest BCUT2D eigenvalue weighted by Crippen LogP contribution is 2.34. The van der Waals surface area contributed by atoms with E-state index in [1.54, 1.807) is 18.4 Å². The highest BCUT2D eigenvalue weighted by molar-refractivity contribution is 7.22. The Morgan fingerprint density at radius 3 is 2.53 bits per heavy atom. The first-order chi connectivity index (χ1) is 14.6. The first-order valence-corrected chi connectivity index (χ1v) is 11.5. The van der Waals surface area contributed by atoms with E-state index >= 15 is 0 Å². The first kappa shape index (κ1) is 19.4. The molecule has 2 fully saturated rings. The number of fused-ring (bicyclic) bond motifs is 1. The molecule has 3 heterocycles. The van der Waals surface area contributed by atoms with E-state index in [4.69, 9.17) is 14.8 Å². The van der Waals surface area contributed by atoms with E-state index in [-0.39, 0.29) is 11.8 Å². The van der Waals surface area contributed by atoms with Crippen molar-refractivity contribution in [3.63, 3.8) is 0 Å². The summed E-state index contributed by atoms with van der Waals surface area (Å²) in [6, 6.07) is 8.17. The average molecular weight is 426 g/mol. The van der Waals surface area contributed by atoms with Gasteiger partial charge in [0.25, 0.3) is 0 Å². The summed E-state index contributed by atoms with van der Waals surface area (Å²) < 4.78 is 8.30. The summed E-state index contributed by atoms with van der Waals surface area (Å²) in [5, 5.41) is 8.99. The van der Waals surface area contributed by atoms with Crippen molar-refractivity contribution in [3.8, 4) is 11.4 Å². The summed E-state index contributed by atoms with van der Waals surface area (Å²) in [5.41, 5.74) is 2.87. The number of benzene rings is 1. The number of aryl methyl sites for hydroxylation is 1. The van der Waals surface area contributed by atoms with Gasteiger partial charge in [-0.05, 0) is 56.9 Å². The minimum Gasteiger partial charge on any atom is -0.497 e. The largest absolute Gasteiger partial charge is 0.497 e. The van der Waals surface area contributed by atoms with Crippen LogP contribution in [0.25, 0.3) is 16.0 Å². The van der Waals surface area contributed by atoms with Crippen LogP contribution in [0.3, 0.4) is 0 Å². The fourth-order valence-corrected chi connectivity index (χ4v) is 5.20. The molecule has 1 aromatic carbocycles. The van der Waals surface area contributed by atoms with Crippen LogP contribution in [-0.2, 0) is 4.79 Å². The fraction of sp³-hybridized carbons (Fsp3) is 0.500. The lowest BCUT2D eigenvalue weighted by atomic mass is 9.84. The van der Waals surface area contributed by atoms with Gasteiger partial charge in [0.15, 0.2) is 10.8 Å². The van der Waals surface area contributed by atoms with Gasteiger partial charge in [-0.15, -0.1) is 0 Å². The molecule has 1 aliphatic carbocycles. The predicted molar refractivity (Wildman–Crippen MR) is 119 cm³/mol. The zero-order valence-electron chi connectivity index (χ0n) is 17.4. The second-order valence-electron chi connectivity index (χ2n) is 8.24. The topological polar surface area (TPSA) is 72.3 Å². The summed E-state index contributed by atoms with van der Waals surface area (Å²) in [5.74, 6) is 1.34. The molecule has 0 radical (unpaired) electrons. The maximum absolute atomic E-state index is 12.2. The Labute approximate surface area is 180 Å². The number of piperidine rings is 1. The van der Waals surface area contributed by atoms with E-state index in [1.165, 1.54) is 6.42 Å². The third-order valence-electron chi connectivity index (χ3n) is 6.28. The summed E-state index contributed by atoms with van der Waals surface area (Å²) in [6.07, 6.45) is 5.25. The van der Waals surface area contributed by atoms with Crippen molar-refractivity contribution in [1.29, 1.82) is 0 Å². The van der Waals surface area contributed by atoms with Crippen LogP contribution >= 0.6 is 11.3 Å². The average Bonchev–Trinajstić information content (AvgIpc) is 3.28. The van der Waals surface area contributed by atoms with Gasteiger partial charge >= 0.3 is 0 Å². The number of anilines is 1. The van der Waals surface area contributed by atoms with Crippen LogP contribution in [0.1, 0.15) is 37.8 Å². The van der Waals surface area contributed by atoms with E-state index in [1.807, 2.05) is 35.9 Å². The highest BCUT2D eigenvalue weighted by atomic mass is 32.1. The molecule has 0 bridgehead atoms. The SMILES string of the molecule is COc1ccc(-n2nc(C)c3sc(N4CCC(NC(=O)C5CCC5)CC4)nc32)cc1. The number of carbonyl (C=O) groups excluding carboxylic acids is 1. The van der Waals surface area contributed by atoms with Crippen molar-refractivity contribution in [2.45, 2.75) is 45.1 Å². The van der Waals surface area contributed by atoms with Crippen LogP contribution in [-0.4, -0.2) is 46.9 Å². The number of aromatic nitrogens is 3. The number of ether oxygens (including phenoxy) is 1. The monoisotopic (exact) mass is 425 g/mol. The second kappa shape index (κ2) is 7.91. The summed E-state index contributed by atoms with van der Waals surface area (Å²) in [6.45, 7) is 3.87. The molecule has 1 N–H and O–H groups in total. The molecular formula is C22H27N5O2S. The van der Waals surface area contributed by atoms with Gasteiger partial charge in [-0.2, -0.15) is 10.1 Å². The van der Waals surface area contributed by atoms with E-state index in [0.29, 0.717) is 6.04 Å². The quantitative estimate of drug-likeness (QED) is 0.675. The van der Waals surface area contributed by atoms with Gasteiger partial charge in [0.2, 0.25) is 5.91 Å². The van der Waals surface area contributed by atoms with E-state index in [9.17, 15) is 4.79 Å². The number of carbonyl (C=O) groups is 1. The Balaban J connectivity index is 1.30. The van der Waals surface area contributed by atoms with Crippen LogP contribution in [0.5, 0.6) is 5.75 Å². The molecular weight excluding hydrogens is 398 g/mol. The minimum absolute atomic E-state index is 0.259. The molecule has 1 aliphatic heterocycles. The molecule has 2 aromatic heterocycles. The number of amides is 1. The van der Waals surface area contributed by atoms with Gasteiger partial charge in [0.05, 0.1) is 23.2 Å². The predicted octanol–water partition coefficient (Wildman–Crippen LogP) is 3.68. The van der Waals surface area contributed by atoms with Crippen molar-refractivity contribution in [2.75, 3.05) is 25.1 Å². The molecule has 2 aliphatic rings. The van der Waals surface area contributed by atoms with Crippen LogP contribution in [0.2, 0.25) is 0 Å². The molecule has 0 spiro atoms. The van der Waals surface area contributed by atoms with Crippen LogP contribution in [0.15, 0.2) is 24.3 Å². The molecule has 1 amide bonds. The summed E-state index contributed by atoms with van der Waals surface area (Å²) in [4.78, 5) is 19.5. The number of thiazole rings is 1. The zero-order chi connectivity index (χ0) is 20.7. The third kappa shape index (κ3) is 3.53. The molecule has 7 nitrogen and oxygen atoms in total. The number of hydrogen-bond acceptors (Lipinski definition) is 6. The molecule has 5 rings (SSSR count). The second-order valence-corrected chi connectivity index (χ2v) is 9.22. The van der Waals surface area contributed by atoms with Crippen molar-refractivity contribution in [2.24, 2.45) is 5.92 Å². The summed E-state index contributed by atoms with van der Waals surface area (Å²) in [7, 11) is 1.67. The zero-order valence-corrected chi connectivity index (χ0v) is 18.2. The molecule has 1 saturated heterocycles. The number of rotatable bonds is 5. The molecule has 0 unspecified atom stereocenters. The van der Waals surface area contributed by atoms with E-state index < -0.39 is 0 Å². The van der Waals surface area contributed by atoms with Gasteiger partial charge < -0.3 is 15.0 Å². The third-order valence-corrected chi connectivity index (χ3v) is 7.50. The van der Waals surface area contributed by atoms with Gasteiger partial charge in [-0.25, -0.2) is 4.68 Å². The number of nitrogens with zero attached hydrogens (tertiary/aromatic N) is 4. The first-order valence-electron chi connectivity index (χ1n) is 10.7. The van der Waals surface area contributed by atoms with E-state index in [2.05, 4.69) is 10.2 Å². The lowest BCUT2D eigenvalue weighted by molar-refractivity contribution is -0.128. The normalized spacial score (nSPS) is 17.9. The number of nitrogens with one attached hydrogen (secondary N) is 1. The Bertz CT molecular complexity index is 1050. The Morgan fingerprint density at radius 1 is 1.17 bits per heavy atom. The minimum atomic E-state index is 0.259. The van der Waals surface area contributed by atoms with Gasteiger partial charge in [0, 0.05) is 25.0 Å². The van der Waals surface area contributed by atoms with E-state index in [0.717, 1.165) is 71.4 Å². The molecule has 1 saturated carbocycles. The van der Waals surface area contributed by atoms with Gasteiger partial charge in [0.1, 0.15) is 5.75 Å². The van der Waals surface area contributed by atoms with Crippen molar-refractivity contribution >= 4 is 32.7 Å². The van der Waals surface area contributed by atoms with Crippen LogP contribution in [0, 0.1) is 12.8 Å².